The van der Waals surface area contributed by atoms with Gasteiger partial charge in [-0.15, -0.1) is 11.3 Å². The number of nitrogens with zero attached hydrogens (tertiary/aromatic N) is 3. The molecule has 2 aromatic rings. The Labute approximate surface area is 174 Å². The molecule has 2 rings (SSSR count). The number of aliphatic hydroxyl groups is 1. The smallest absolute Gasteiger partial charge is 0.269 e. The van der Waals surface area contributed by atoms with Crippen LogP contribution < -0.4 is 15.4 Å². The molecule has 158 valence electrons. The SMILES string of the molecule is CCNC(=NCC(O)COc1ccc([N+](=O)[O-])cc1)NCCc1nc(C)c(C)s1. The predicted molar refractivity (Wildman–Crippen MR) is 114 cm³/mol. The highest BCUT2D eigenvalue weighted by atomic mass is 32.1. The van der Waals surface area contributed by atoms with Gasteiger partial charge in [0.1, 0.15) is 18.5 Å². The molecule has 0 aliphatic carbocycles. The van der Waals surface area contributed by atoms with Gasteiger partial charge in [0, 0.05) is 36.5 Å². The summed E-state index contributed by atoms with van der Waals surface area (Å²) >= 11 is 1.70. The summed E-state index contributed by atoms with van der Waals surface area (Å²) in [7, 11) is 0. The van der Waals surface area contributed by atoms with Gasteiger partial charge in [0.2, 0.25) is 0 Å². The summed E-state index contributed by atoms with van der Waals surface area (Å²) in [6, 6.07) is 5.72. The average Bonchev–Trinajstić information content (AvgIpc) is 3.02. The number of thiazole rings is 1. The fourth-order valence-electron chi connectivity index (χ4n) is 2.38. The van der Waals surface area contributed by atoms with Crippen LogP contribution in [0.15, 0.2) is 29.3 Å². The van der Waals surface area contributed by atoms with Crippen LogP contribution >= 0.6 is 11.3 Å². The van der Waals surface area contributed by atoms with Gasteiger partial charge < -0.3 is 20.5 Å². The van der Waals surface area contributed by atoms with Gasteiger partial charge >= 0.3 is 0 Å². The first-order chi connectivity index (χ1) is 13.9. The molecular weight excluding hydrogens is 394 g/mol. The maximum absolute atomic E-state index is 10.6. The van der Waals surface area contributed by atoms with Gasteiger partial charge in [-0.2, -0.15) is 0 Å². The zero-order valence-electron chi connectivity index (χ0n) is 16.8. The molecule has 0 radical (unpaired) electrons. The number of aryl methyl sites for hydroxylation is 2. The number of nitro groups is 1. The van der Waals surface area contributed by atoms with E-state index in [-0.39, 0.29) is 18.8 Å². The molecule has 1 unspecified atom stereocenters. The molecular formula is C19H27N5O4S. The molecule has 1 aromatic carbocycles. The van der Waals surface area contributed by atoms with Gasteiger partial charge in [0.05, 0.1) is 22.2 Å². The summed E-state index contributed by atoms with van der Waals surface area (Å²) in [5.74, 6) is 1.07. The maximum Gasteiger partial charge on any atom is 0.269 e. The second-order valence-corrected chi connectivity index (χ2v) is 7.65. The molecule has 1 aromatic heterocycles. The minimum Gasteiger partial charge on any atom is -0.491 e. The lowest BCUT2D eigenvalue weighted by Gasteiger charge is -2.13. The van der Waals surface area contributed by atoms with E-state index in [0.29, 0.717) is 24.8 Å². The minimum absolute atomic E-state index is 0.00748. The molecule has 29 heavy (non-hydrogen) atoms. The fourth-order valence-corrected chi connectivity index (χ4v) is 3.32. The van der Waals surface area contributed by atoms with E-state index in [2.05, 4.69) is 27.5 Å². The van der Waals surface area contributed by atoms with Crippen LogP contribution in [0.1, 0.15) is 22.5 Å². The van der Waals surface area contributed by atoms with E-state index in [0.717, 1.165) is 17.1 Å². The van der Waals surface area contributed by atoms with E-state index in [1.807, 2.05) is 13.8 Å². The molecule has 1 atom stereocenters. The van der Waals surface area contributed by atoms with E-state index in [4.69, 9.17) is 4.74 Å². The summed E-state index contributed by atoms with van der Waals surface area (Å²) in [4.78, 5) is 20.3. The average molecular weight is 422 g/mol. The zero-order chi connectivity index (χ0) is 21.2. The van der Waals surface area contributed by atoms with Crippen LogP contribution in [0.3, 0.4) is 0 Å². The number of ether oxygens (including phenoxy) is 1. The molecule has 0 aliphatic rings. The molecule has 3 N–H and O–H groups in total. The standard InChI is InChI=1S/C19H27N5O4S/c1-4-20-19(21-10-9-18-23-13(2)14(3)29-18)22-11-16(25)12-28-17-7-5-15(6-8-17)24(26)27/h5-8,16,25H,4,9-12H2,1-3H3,(H2,20,21,22). The Morgan fingerprint density at radius 1 is 1.34 bits per heavy atom. The van der Waals surface area contributed by atoms with Crippen LogP contribution in [0, 0.1) is 24.0 Å². The summed E-state index contributed by atoms with van der Waals surface area (Å²) in [6.07, 6.45) is 0.000151. The largest absolute Gasteiger partial charge is 0.491 e. The normalized spacial score (nSPS) is 12.5. The Morgan fingerprint density at radius 2 is 2.07 bits per heavy atom. The van der Waals surface area contributed by atoms with E-state index in [1.54, 1.807) is 11.3 Å². The van der Waals surface area contributed by atoms with Crippen LogP contribution in [-0.2, 0) is 6.42 Å². The molecule has 0 bridgehead atoms. The Morgan fingerprint density at radius 3 is 2.66 bits per heavy atom. The number of nitro benzene ring substituents is 1. The molecule has 0 saturated carbocycles. The number of aliphatic imine (C=N–C) groups is 1. The lowest BCUT2D eigenvalue weighted by atomic mass is 10.3. The van der Waals surface area contributed by atoms with Crippen molar-refractivity contribution in [2.45, 2.75) is 33.3 Å². The van der Waals surface area contributed by atoms with Crippen LogP contribution in [-0.4, -0.2) is 53.3 Å². The fraction of sp³-hybridized carbons (Fsp3) is 0.474. The van der Waals surface area contributed by atoms with E-state index < -0.39 is 11.0 Å². The topological polar surface area (TPSA) is 122 Å². The summed E-state index contributed by atoms with van der Waals surface area (Å²) in [5, 5.41) is 28.2. The van der Waals surface area contributed by atoms with Crippen LogP contribution in [0.2, 0.25) is 0 Å². The number of guanidine groups is 1. The minimum atomic E-state index is -0.801. The number of benzene rings is 1. The Kier molecular flexibility index (Phi) is 8.81. The van der Waals surface area contributed by atoms with Crippen molar-refractivity contribution in [3.05, 3.63) is 50.0 Å². The van der Waals surface area contributed by atoms with Crippen molar-refractivity contribution in [2.24, 2.45) is 4.99 Å². The van der Waals surface area contributed by atoms with Crippen molar-refractivity contribution in [2.75, 3.05) is 26.2 Å². The molecule has 0 amide bonds. The number of rotatable bonds is 10. The molecule has 0 aliphatic heterocycles. The van der Waals surface area contributed by atoms with Crippen molar-refractivity contribution < 1.29 is 14.8 Å². The van der Waals surface area contributed by atoms with Gasteiger partial charge in [-0.3, -0.25) is 15.1 Å². The van der Waals surface area contributed by atoms with Crippen LogP contribution in [0.5, 0.6) is 5.75 Å². The Balaban J connectivity index is 1.77. The van der Waals surface area contributed by atoms with Crippen molar-refractivity contribution in [1.29, 1.82) is 0 Å². The number of aromatic nitrogens is 1. The van der Waals surface area contributed by atoms with E-state index >= 15 is 0 Å². The summed E-state index contributed by atoms with van der Waals surface area (Å²) in [6.45, 7) is 7.64. The number of aliphatic hydroxyl groups excluding tert-OH is 1. The summed E-state index contributed by atoms with van der Waals surface area (Å²) < 4.78 is 5.46. The first-order valence-electron chi connectivity index (χ1n) is 9.39. The highest BCUT2D eigenvalue weighted by Crippen LogP contribution is 2.17. The van der Waals surface area contributed by atoms with Crippen molar-refractivity contribution >= 4 is 23.0 Å². The zero-order valence-corrected chi connectivity index (χ0v) is 17.7. The van der Waals surface area contributed by atoms with Crippen molar-refractivity contribution in [1.82, 2.24) is 15.6 Å². The van der Waals surface area contributed by atoms with Crippen LogP contribution in [0.4, 0.5) is 5.69 Å². The molecule has 1 heterocycles. The molecule has 9 nitrogen and oxygen atoms in total. The second kappa shape index (κ2) is 11.3. The monoisotopic (exact) mass is 421 g/mol. The van der Waals surface area contributed by atoms with Gasteiger partial charge in [0.25, 0.3) is 5.69 Å². The van der Waals surface area contributed by atoms with Crippen molar-refractivity contribution in [3.8, 4) is 5.75 Å². The highest BCUT2D eigenvalue weighted by Gasteiger charge is 2.09. The number of non-ortho nitro benzene ring substituents is 1. The van der Waals surface area contributed by atoms with Crippen molar-refractivity contribution in [3.63, 3.8) is 0 Å². The molecule has 0 saturated heterocycles. The third-order valence-corrected chi connectivity index (χ3v) is 5.13. The third kappa shape index (κ3) is 7.66. The number of hydrogen-bond donors (Lipinski definition) is 3. The molecule has 0 fully saturated rings. The Bertz CT molecular complexity index is 803. The van der Waals surface area contributed by atoms with Gasteiger partial charge in [-0.05, 0) is 32.9 Å². The van der Waals surface area contributed by atoms with E-state index in [9.17, 15) is 15.2 Å². The number of nitrogens with one attached hydrogen (secondary N) is 2. The highest BCUT2D eigenvalue weighted by molar-refractivity contribution is 7.11. The Hall–Kier alpha value is -2.72. The number of hydrogen-bond acceptors (Lipinski definition) is 7. The summed E-state index contributed by atoms with van der Waals surface area (Å²) in [5.41, 5.74) is 1.06. The lowest BCUT2D eigenvalue weighted by Crippen LogP contribution is -2.39. The van der Waals surface area contributed by atoms with Gasteiger partial charge in [-0.1, -0.05) is 0 Å². The molecule has 10 heteroatoms. The van der Waals surface area contributed by atoms with Gasteiger partial charge in [-0.25, -0.2) is 4.98 Å². The molecule has 0 spiro atoms. The first-order valence-corrected chi connectivity index (χ1v) is 10.2. The first kappa shape index (κ1) is 22.6. The second-order valence-electron chi connectivity index (χ2n) is 6.36. The quantitative estimate of drug-likeness (QED) is 0.233. The van der Waals surface area contributed by atoms with E-state index in [1.165, 1.54) is 29.1 Å². The maximum atomic E-state index is 10.6. The lowest BCUT2D eigenvalue weighted by molar-refractivity contribution is -0.384. The predicted octanol–water partition coefficient (Wildman–Crippen LogP) is 2.21. The van der Waals surface area contributed by atoms with Gasteiger partial charge in [0.15, 0.2) is 5.96 Å². The van der Waals surface area contributed by atoms with Crippen LogP contribution in [0.25, 0.3) is 0 Å². The third-order valence-electron chi connectivity index (χ3n) is 4.00.